The molecule has 1 N–H and O–H groups in total. The molecule has 0 aliphatic carbocycles. The van der Waals surface area contributed by atoms with E-state index in [0.717, 1.165) is 18.8 Å². The van der Waals surface area contributed by atoms with Crippen molar-refractivity contribution in [2.24, 2.45) is 0 Å². The molecule has 0 saturated carbocycles. The lowest BCUT2D eigenvalue weighted by atomic mass is 10.3. The number of rotatable bonds is 5. The minimum absolute atomic E-state index is 0.0241. The van der Waals surface area contributed by atoms with Crippen LogP contribution in [0.15, 0.2) is 12.4 Å². The zero-order chi connectivity index (χ0) is 12.1. The minimum Gasteiger partial charge on any atom is -0.476 e. The second-order valence-corrected chi connectivity index (χ2v) is 3.85. The molecule has 0 aromatic carbocycles. The van der Waals surface area contributed by atoms with E-state index >= 15 is 0 Å². The normalized spacial score (nSPS) is 10.5. The summed E-state index contributed by atoms with van der Waals surface area (Å²) in [6.07, 6.45) is 3.82. The lowest BCUT2D eigenvalue weighted by Gasteiger charge is -2.26. The molecular formula is C11H17N3O2. The van der Waals surface area contributed by atoms with Gasteiger partial charge in [-0.15, -0.1) is 0 Å². The first-order valence-corrected chi connectivity index (χ1v) is 5.38. The first-order valence-electron chi connectivity index (χ1n) is 5.38. The molecule has 88 valence electrons. The van der Waals surface area contributed by atoms with E-state index in [4.69, 9.17) is 5.11 Å². The number of carboxylic acids is 1. The first-order chi connectivity index (χ1) is 7.56. The van der Waals surface area contributed by atoms with Gasteiger partial charge in [-0.05, 0) is 20.3 Å². The molecule has 0 amide bonds. The topological polar surface area (TPSA) is 66.3 Å². The highest BCUT2D eigenvalue weighted by Crippen LogP contribution is 2.13. The third-order valence-electron chi connectivity index (χ3n) is 2.24. The predicted molar refractivity (Wildman–Crippen MR) is 61.8 cm³/mol. The number of aromatic carboxylic acids is 1. The molecule has 0 radical (unpaired) electrons. The number of carboxylic acid groups (broad SMARTS) is 1. The Kier molecular flexibility index (Phi) is 4.22. The highest BCUT2D eigenvalue weighted by molar-refractivity contribution is 5.84. The Bertz CT molecular complexity index is 349. The van der Waals surface area contributed by atoms with Gasteiger partial charge in [-0.3, -0.25) is 0 Å². The van der Waals surface area contributed by atoms with E-state index in [2.05, 4.69) is 35.6 Å². The van der Waals surface area contributed by atoms with Crippen LogP contribution < -0.4 is 4.90 Å². The van der Waals surface area contributed by atoms with Crippen molar-refractivity contribution < 1.29 is 9.90 Å². The average Bonchev–Trinajstić information content (AvgIpc) is 2.25. The van der Waals surface area contributed by atoms with Gasteiger partial charge in [0.2, 0.25) is 0 Å². The maximum absolute atomic E-state index is 10.6. The Morgan fingerprint density at radius 3 is 2.50 bits per heavy atom. The number of aromatic nitrogens is 2. The quantitative estimate of drug-likeness (QED) is 0.824. The second kappa shape index (κ2) is 5.44. The molecule has 1 aromatic rings. The third-order valence-corrected chi connectivity index (χ3v) is 2.24. The van der Waals surface area contributed by atoms with Crippen LogP contribution in [0.3, 0.4) is 0 Å². The summed E-state index contributed by atoms with van der Waals surface area (Å²) < 4.78 is 0. The maximum atomic E-state index is 10.6. The van der Waals surface area contributed by atoms with E-state index in [9.17, 15) is 4.79 Å². The number of hydrogen-bond donors (Lipinski definition) is 1. The second-order valence-electron chi connectivity index (χ2n) is 3.85. The van der Waals surface area contributed by atoms with Crippen LogP contribution in [0.5, 0.6) is 0 Å². The van der Waals surface area contributed by atoms with Gasteiger partial charge in [0.05, 0.1) is 12.4 Å². The fraction of sp³-hybridized carbons (Fsp3) is 0.545. The summed E-state index contributed by atoms with van der Waals surface area (Å²) in [5, 5.41) is 8.71. The Morgan fingerprint density at radius 2 is 2.12 bits per heavy atom. The van der Waals surface area contributed by atoms with Crippen molar-refractivity contribution in [2.45, 2.75) is 33.2 Å². The molecular weight excluding hydrogens is 206 g/mol. The molecule has 5 nitrogen and oxygen atoms in total. The molecule has 1 heterocycles. The van der Waals surface area contributed by atoms with E-state index < -0.39 is 5.97 Å². The minimum atomic E-state index is -1.05. The monoisotopic (exact) mass is 223 g/mol. The molecule has 1 aromatic heterocycles. The van der Waals surface area contributed by atoms with E-state index in [1.54, 1.807) is 0 Å². The standard InChI is InChI=1S/C11H17N3O2/c1-4-5-14(8(2)3)10-7-12-9(6-13-10)11(15)16/h6-8H,4-5H2,1-3H3,(H,15,16). The van der Waals surface area contributed by atoms with Gasteiger partial charge in [0.25, 0.3) is 0 Å². The van der Waals surface area contributed by atoms with Crippen LogP contribution in [0.25, 0.3) is 0 Å². The lowest BCUT2D eigenvalue weighted by Crippen LogP contribution is -2.32. The molecule has 0 aliphatic heterocycles. The highest BCUT2D eigenvalue weighted by Gasteiger charge is 2.12. The van der Waals surface area contributed by atoms with E-state index in [0.29, 0.717) is 6.04 Å². The predicted octanol–water partition coefficient (Wildman–Crippen LogP) is 1.80. The Morgan fingerprint density at radius 1 is 1.44 bits per heavy atom. The van der Waals surface area contributed by atoms with Crippen molar-refractivity contribution in [1.82, 2.24) is 9.97 Å². The first kappa shape index (κ1) is 12.4. The highest BCUT2D eigenvalue weighted by atomic mass is 16.4. The van der Waals surface area contributed by atoms with Crippen molar-refractivity contribution in [3.8, 4) is 0 Å². The van der Waals surface area contributed by atoms with Crippen LogP contribution in [0, 0.1) is 0 Å². The summed E-state index contributed by atoms with van der Waals surface area (Å²) in [5.74, 6) is -0.326. The summed E-state index contributed by atoms with van der Waals surface area (Å²) in [5.41, 5.74) is -0.0241. The summed E-state index contributed by atoms with van der Waals surface area (Å²) in [6, 6.07) is 0.324. The molecule has 0 spiro atoms. The Labute approximate surface area is 95.1 Å². The smallest absolute Gasteiger partial charge is 0.356 e. The maximum Gasteiger partial charge on any atom is 0.356 e. The van der Waals surface area contributed by atoms with Crippen LogP contribution >= 0.6 is 0 Å². The summed E-state index contributed by atoms with van der Waals surface area (Å²) in [4.78, 5) is 20.7. The molecule has 1 rings (SSSR count). The van der Waals surface area contributed by atoms with E-state index in [1.165, 1.54) is 12.4 Å². The van der Waals surface area contributed by atoms with Crippen molar-refractivity contribution in [3.05, 3.63) is 18.1 Å². The Hall–Kier alpha value is -1.65. The van der Waals surface area contributed by atoms with Gasteiger partial charge < -0.3 is 10.0 Å². The third kappa shape index (κ3) is 2.92. The van der Waals surface area contributed by atoms with Crippen molar-refractivity contribution in [3.63, 3.8) is 0 Å². The molecule has 0 aliphatic rings. The fourth-order valence-electron chi connectivity index (χ4n) is 1.46. The lowest BCUT2D eigenvalue weighted by molar-refractivity contribution is 0.0690. The van der Waals surface area contributed by atoms with Gasteiger partial charge in [0, 0.05) is 12.6 Å². The largest absolute Gasteiger partial charge is 0.476 e. The van der Waals surface area contributed by atoms with Gasteiger partial charge in [-0.25, -0.2) is 14.8 Å². The van der Waals surface area contributed by atoms with E-state index in [-0.39, 0.29) is 5.69 Å². The summed E-state index contributed by atoms with van der Waals surface area (Å²) in [6.45, 7) is 7.12. The van der Waals surface area contributed by atoms with Crippen molar-refractivity contribution in [1.29, 1.82) is 0 Å². The molecule has 0 bridgehead atoms. The fourth-order valence-corrected chi connectivity index (χ4v) is 1.46. The van der Waals surface area contributed by atoms with Gasteiger partial charge >= 0.3 is 5.97 Å². The SMILES string of the molecule is CCCN(c1cnc(C(=O)O)cn1)C(C)C. The molecule has 0 fully saturated rings. The zero-order valence-electron chi connectivity index (χ0n) is 9.84. The van der Waals surface area contributed by atoms with Crippen LogP contribution in [-0.2, 0) is 0 Å². The molecule has 16 heavy (non-hydrogen) atoms. The molecule has 0 atom stereocenters. The number of anilines is 1. The van der Waals surface area contributed by atoms with E-state index in [1.807, 2.05) is 0 Å². The number of carbonyl (C=O) groups is 1. The number of hydrogen-bond acceptors (Lipinski definition) is 4. The van der Waals surface area contributed by atoms with Crippen molar-refractivity contribution >= 4 is 11.8 Å². The van der Waals surface area contributed by atoms with Crippen LogP contribution in [0.2, 0.25) is 0 Å². The van der Waals surface area contributed by atoms with Gasteiger partial charge in [0.15, 0.2) is 5.69 Å². The Balaban J connectivity index is 2.89. The van der Waals surface area contributed by atoms with Gasteiger partial charge in [0.1, 0.15) is 5.82 Å². The van der Waals surface area contributed by atoms with Gasteiger partial charge in [-0.2, -0.15) is 0 Å². The summed E-state index contributed by atoms with van der Waals surface area (Å²) in [7, 11) is 0. The van der Waals surface area contributed by atoms with Crippen molar-refractivity contribution in [2.75, 3.05) is 11.4 Å². The average molecular weight is 223 g/mol. The summed E-state index contributed by atoms with van der Waals surface area (Å²) >= 11 is 0. The number of nitrogens with zero attached hydrogens (tertiary/aromatic N) is 3. The van der Waals surface area contributed by atoms with Gasteiger partial charge in [-0.1, -0.05) is 6.92 Å². The zero-order valence-corrected chi connectivity index (χ0v) is 9.84. The molecule has 0 unspecified atom stereocenters. The van der Waals surface area contributed by atoms with Crippen LogP contribution in [-0.4, -0.2) is 33.6 Å². The van der Waals surface area contributed by atoms with Crippen LogP contribution in [0.1, 0.15) is 37.7 Å². The molecule has 0 saturated heterocycles. The van der Waals surface area contributed by atoms with Crippen LogP contribution in [0.4, 0.5) is 5.82 Å². The molecule has 5 heteroatoms.